The maximum atomic E-state index is 13.1. The van der Waals surface area contributed by atoms with Crippen molar-refractivity contribution in [1.82, 2.24) is 5.32 Å². The molecule has 21 heavy (non-hydrogen) atoms. The Morgan fingerprint density at radius 1 is 1.05 bits per heavy atom. The van der Waals surface area contributed by atoms with E-state index in [1.807, 2.05) is 30.3 Å². The molecule has 5 heteroatoms. The second-order valence-electron chi connectivity index (χ2n) is 4.58. The lowest BCUT2D eigenvalue weighted by Gasteiger charge is -2.09. The zero-order valence-electron chi connectivity index (χ0n) is 11.5. The first kappa shape index (κ1) is 14.7. The van der Waals surface area contributed by atoms with Crippen molar-refractivity contribution in [3.63, 3.8) is 0 Å². The van der Waals surface area contributed by atoms with Gasteiger partial charge in [-0.05, 0) is 30.2 Å². The highest BCUT2D eigenvalue weighted by molar-refractivity contribution is 6.39. The van der Waals surface area contributed by atoms with Crippen LogP contribution in [0.4, 0.5) is 10.1 Å². The third-order valence-electron chi connectivity index (χ3n) is 2.95. The number of halogens is 1. The highest BCUT2D eigenvalue weighted by atomic mass is 19.1. The normalized spacial score (nSPS) is 10.0. The number of benzene rings is 2. The Morgan fingerprint density at radius 3 is 2.48 bits per heavy atom. The fraction of sp³-hybridized carbons (Fsp3) is 0.125. The van der Waals surface area contributed by atoms with Gasteiger partial charge >= 0.3 is 11.8 Å². The van der Waals surface area contributed by atoms with Gasteiger partial charge in [0, 0.05) is 12.2 Å². The second kappa shape index (κ2) is 6.65. The van der Waals surface area contributed by atoms with Gasteiger partial charge in [0.1, 0.15) is 5.82 Å². The van der Waals surface area contributed by atoms with Crippen LogP contribution < -0.4 is 10.6 Å². The number of hydrogen-bond donors (Lipinski definition) is 2. The first-order valence-electron chi connectivity index (χ1n) is 6.45. The molecule has 0 atom stereocenters. The van der Waals surface area contributed by atoms with Crippen molar-refractivity contribution in [2.75, 3.05) is 5.32 Å². The Kier molecular flexibility index (Phi) is 4.66. The van der Waals surface area contributed by atoms with Crippen LogP contribution in [0, 0.1) is 12.7 Å². The summed E-state index contributed by atoms with van der Waals surface area (Å²) in [7, 11) is 0. The van der Waals surface area contributed by atoms with E-state index in [0.717, 1.165) is 5.56 Å². The lowest BCUT2D eigenvalue weighted by molar-refractivity contribution is -0.136. The van der Waals surface area contributed by atoms with Crippen LogP contribution in [0.15, 0.2) is 48.5 Å². The molecule has 2 rings (SSSR count). The number of hydrogen-bond acceptors (Lipinski definition) is 2. The van der Waals surface area contributed by atoms with Crippen LogP contribution in [-0.4, -0.2) is 11.8 Å². The van der Waals surface area contributed by atoms with E-state index < -0.39 is 17.6 Å². The minimum Gasteiger partial charge on any atom is -0.344 e. The summed E-state index contributed by atoms with van der Waals surface area (Å²) in [5.41, 5.74) is 1.86. The predicted octanol–water partition coefficient (Wildman–Crippen LogP) is 2.39. The van der Waals surface area contributed by atoms with E-state index in [9.17, 15) is 14.0 Å². The van der Waals surface area contributed by atoms with Crippen LogP contribution in [0.5, 0.6) is 0 Å². The first-order chi connectivity index (χ1) is 10.1. The van der Waals surface area contributed by atoms with Gasteiger partial charge in [0.05, 0.1) is 0 Å². The Bertz CT molecular complexity index is 657. The van der Waals surface area contributed by atoms with Gasteiger partial charge in [-0.25, -0.2) is 4.39 Å². The maximum absolute atomic E-state index is 13.1. The molecule has 0 saturated heterocycles. The lowest BCUT2D eigenvalue weighted by atomic mass is 10.2. The number of carbonyl (C=O) groups excluding carboxylic acids is 2. The topological polar surface area (TPSA) is 58.2 Å². The van der Waals surface area contributed by atoms with E-state index in [0.29, 0.717) is 5.56 Å². The van der Waals surface area contributed by atoms with E-state index >= 15 is 0 Å². The van der Waals surface area contributed by atoms with E-state index in [-0.39, 0.29) is 12.2 Å². The quantitative estimate of drug-likeness (QED) is 0.851. The van der Waals surface area contributed by atoms with Gasteiger partial charge in [-0.15, -0.1) is 0 Å². The lowest BCUT2D eigenvalue weighted by Crippen LogP contribution is -2.35. The molecule has 4 nitrogen and oxygen atoms in total. The molecule has 0 heterocycles. The standard InChI is InChI=1S/C16H15FN2O2/c1-11-7-8-13(17)9-14(11)19-16(21)15(20)18-10-12-5-3-2-4-6-12/h2-9H,10H2,1H3,(H,18,20)(H,19,21). The van der Waals surface area contributed by atoms with Crippen molar-refractivity contribution in [1.29, 1.82) is 0 Å². The molecule has 0 aliphatic rings. The smallest absolute Gasteiger partial charge is 0.313 e. The van der Waals surface area contributed by atoms with Gasteiger partial charge in [0.2, 0.25) is 0 Å². The van der Waals surface area contributed by atoms with Gasteiger partial charge in [-0.3, -0.25) is 9.59 Å². The highest BCUT2D eigenvalue weighted by Crippen LogP contribution is 2.15. The molecular weight excluding hydrogens is 271 g/mol. The van der Waals surface area contributed by atoms with E-state index in [1.54, 1.807) is 6.92 Å². The molecule has 0 saturated carbocycles. The highest BCUT2D eigenvalue weighted by Gasteiger charge is 2.14. The maximum Gasteiger partial charge on any atom is 0.313 e. The van der Waals surface area contributed by atoms with Gasteiger partial charge < -0.3 is 10.6 Å². The number of carbonyl (C=O) groups is 2. The SMILES string of the molecule is Cc1ccc(F)cc1NC(=O)C(=O)NCc1ccccc1. The van der Waals surface area contributed by atoms with Crippen LogP contribution in [0.2, 0.25) is 0 Å². The number of amides is 2. The molecule has 0 radical (unpaired) electrons. The fourth-order valence-corrected chi connectivity index (χ4v) is 1.77. The molecule has 0 aliphatic heterocycles. The molecule has 2 aromatic carbocycles. The molecule has 0 fully saturated rings. The molecule has 0 spiro atoms. The number of anilines is 1. The monoisotopic (exact) mass is 286 g/mol. The summed E-state index contributed by atoms with van der Waals surface area (Å²) >= 11 is 0. The molecule has 0 unspecified atom stereocenters. The second-order valence-corrected chi connectivity index (χ2v) is 4.58. The van der Waals surface area contributed by atoms with Crippen LogP contribution in [0.1, 0.15) is 11.1 Å². The van der Waals surface area contributed by atoms with Gasteiger partial charge in [-0.1, -0.05) is 36.4 Å². The molecule has 0 aliphatic carbocycles. The summed E-state index contributed by atoms with van der Waals surface area (Å²) in [6.45, 7) is 1.98. The van der Waals surface area contributed by atoms with Gasteiger partial charge in [0.25, 0.3) is 0 Å². The average molecular weight is 286 g/mol. The summed E-state index contributed by atoms with van der Waals surface area (Å²) in [5, 5.41) is 4.90. The Morgan fingerprint density at radius 2 is 1.76 bits per heavy atom. The minimum atomic E-state index is -0.820. The molecule has 108 valence electrons. The van der Waals surface area contributed by atoms with Crippen molar-refractivity contribution in [3.8, 4) is 0 Å². The summed E-state index contributed by atoms with van der Waals surface area (Å²) in [6.07, 6.45) is 0. The van der Waals surface area contributed by atoms with Crippen molar-refractivity contribution < 1.29 is 14.0 Å². The molecule has 0 aromatic heterocycles. The first-order valence-corrected chi connectivity index (χ1v) is 6.45. The molecule has 2 N–H and O–H groups in total. The average Bonchev–Trinajstić information content (AvgIpc) is 2.49. The summed E-state index contributed by atoms with van der Waals surface area (Å²) in [6, 6.07) is 13.2. The summed E-state index contributed by atoms with van der Waals surface area (Å²) in [5.74, 6) is -2.05. The molecule has 0 bridgehead atoms. The third kappa shape index (κ3) is 4.14. The number of rotatable bonds is 3. The van der Waals surface area contributed by atoms with Crippen LogP contribution in [-0.2, 0) is 16.1 Å². The zero-order chi connectivity index (χ0) is 15.2. The van der Waals surface area contributed by atoms with Gasteiger partial charge in [-0.2, -0.15) is 0 Å². The Hall–Kier alpha value is -2.69. The molecular formula is C16H15FN2O2. The predicted molar refractivity (Wildman–Crippen MR) is 78.1 cm³/mol. The van der Waals surface area contributed by atoms with Crippen LogP contribution in [0.3, 0.4) is 0 Å². The van der Waals surface area contributed by atoms with Crippen molar-refractivity contribution in [2.24, 2.45) is 0 Å². The summed E-state index contributed by atoms with van der Waals surface area (Å²) < 4.78 is 13.1. The van der Waals surface area contributed by atoms with Crippen LogP contribution in [0.25, 0.3) is 0 Å². The van der Waals surface area contributed by atoms with Crippen LogP contribution >= 0.6 is 0 Å². The Balaban J connectivity index is 1.94. The van der Waals surface area contributed by atoms with Crippen molar-refractivity contribution in [3.05, 3.63) is 65.5 Å². The van der Waals surface area contributed by atoms with E-state index in [1.165, 1.54) is 18.2 Å². The van der Waals surface area contributed by atoms with Crippen molar-refractivity contribution >= 4 is 17.5 Å². The zero-order valence-corrected chi connectivity index (χ0v) is 11.5. The summed E-state index contributed by atoms with van der Waals surface area (Å²) in [4.78, 5) is 23.5. The van der Waals surface area contributed by atoms with E-state index in [4.69, 9.17) is 0 Å². The Labute approximate surface area is 122 Å². The molecule has 2 amide bonds. The van der Waals surface area contributed by atoms with E-state index in [2.05, 4.69) is 10.6 Å². The number of aryl methyl sites for hydroxylation is 1. The molecule has 2 aromatic rings. The van der Waals surface area contributed by atoms with Crippen molar-refractivity contribution in [2.45, 2.75) is 13.5 Å². The minimum absolute atomic E-state index is 0.259. The van der Waals surface area contributed by atoms with Gasteiger partial charge in [0.15, 0.2) is 0 Å². The third-order valence-corrected chi connectivity index (χ3v) is 2.95. The fourth-order valence-electron chi connectivity index (χ4n) is 1.77. The number of nitrogens with one attached hydrogen (secondary N) is 2. The largest absolute Gasteiger partial charge is 0.344 e.